The number of pyridine rings is 1. The van der Waals surface area contributed by atoms with Gasteiger partial charge in [-0.2, -0.15) is 0 Å². The molecule has 0 spiro atoms. The molecule has 0 amide bonds. The monoisotopic (exact) mass is 271 g/mol. The molecular weight excluding hydrogens is 250 g/mol. The Morgan fingerprint density at radius 2 is 2.25 bits per heavy atom. The largest absolute Gasteiger partial charge is 0.398 e. The van der Waals surface area contributed by atoms with E-state index in [1.807, 2.05) is 19.2 Å². The highest BCUT2D eigenvalue weighted by Gasteiger charge is 2.21. The Balaban J connectivity index is 2.07. The summed E-state index contributed by atoms with van der Waals surface area (Å²) in [7, 11) is 0. The maximum atomic E-state index is 6.07. The first-order valence-corrected chi connectivity index (χ1v) is 7.20. The van der Waals surface area contributed by atoms with Gasteiger partial charge < -0.3 is 15.4 Å². The van der Waals surface area contributed by atoms with Gasteiger partial charge in [-0.15, -0.1) is 0 Å². The van der Waals surface area contributed by atoms with Crippen molar-refractivity contribution in [1.82, 2.24) is 4.98 Å². The van der Waals surface area contributed by atoms with Gasteiger partial charge in [-0.1, -0.05) is 6.92 Å². The summed E-state index contributed by atoms with van der Waals surface area (Å²) < 4.78 is 5.76. The summed E-state index contributed by atoms with van der Waals surface area (Å²) in [5, 5.41) is 2.22. The molecule has 4 nitrogen and oxygen atoms in total. The normalized spacial score (nSPS) is 19.5. The molecule has 1 aliphatic heterocycles. The highest BCUT2D eigenvalue weighted by atomic mass is 16.5. The molecule has 0 radical (unpaired) electrons. The summed E-state index contributed by atoms with van der Waals surface area (Å²) in [6.07, 6.45) is 3.24. The van der Waals surface area contributed by atoms with E-state index in [0.717, 1.165) is 42.9 Å². The number of hydrogen-bond donors (Lipinski definition) is 1. The van der Waals surface area contributed by atoms with Gasteiger partial charge in [0, 0.05) is 47.1 Å². The van der Waals surface area contributed by atoms with Crippen molar-refractivity contribution in [3.8, 4) is 0 Å². The zero-order chi connectivity index (χ0) is 14.1. The molecule has 1 aromatic carbocycles. The van der Waals surface area contributed by atoms with Crippen molar-refractivity contribution in [2.45, 2.75) is 26.4 Å². The Morgan fingerprint density at radius 1 is 1.40 bits per heavy atom. The van der Waals surface area contributed by atoms with E-state index in [9.17, 15) is 0 Å². The predicted molar refractivity (Wildman–Crippen MR) is 83.1 cm³/mol. The van der Waals surface area contributed by atoms with Gasteiger partial charge in [-0.05, 0) is 31.5 Å². The standard InChI is InChI=1S/C16H21N3O/c1-3-12-10-19(6-7-20-12)16-5-4-15(17)14-9-18-11(2)8-13(14)16/h4-5,8-9,12H,3,6-7,10,17H2,1-2H3. The number of benzene rings is 1. The van der Waals surface area contributed by atoms with E-state index >= 15 is 0 Å². The van der Waals surface area contributed by atoms with Gasteiger partial charge in [0.15, 0.2) is 0 Å². The van der Waals surface area contributed by atoms with Crippen LogP contribution in [0.2, 0.25) is 0 Å². The summed E-state index contributed by atoms with van der Waals surface area (Å²) in [5.74, 6) is 0. The Morgan fingerprint density at radius 3 is 3.05 bits per heavy atom. The van der Waals surface area contributed by atoms with Crippen LogP contribution in [0.4, 0.5) is 11.4 Å². The number of fused-ring (bicyclic) bond motifs is 1. The van der Waals surface area contributed by atoms with Crippen LogP contribution in [0.25, 0.3) is 10.8 Å². The second kappa shape index (κ2) is 5.29. The average molecular weight is 271 g/mol. The fourth-order valence-corrected chi connectivity index (χ4v) is 2.81. The van der Waals surface area contributed by atoms with Gasteiger partial charge in [0.25, 0.3) is 0 Å². The third kappa shape index (κ3) is 2.31. The van der Waals surface area contributed by atoms with Crippen molar-refractivity contribution in [2.75, 3.05) is 30.3 Å². The van der Waals surface area contributed by atoms with E-state index in [0.29, 0.717) is 6.10 Å². The lowest BCUT2D eigenvalue weighted by Crippen LogP contribution is -2.42. The Labute approximate surface area is 119 Å². The molecule has 1 fully saturated rings. The van der Waals surface area contributed by atoms with Gasteiger partial charge in [-0.25, -0.2) is 0 Å². The first kappa shape index (κ1) is 13.2. The number of ether oxygens (including phenoxy) is 1. The first-order valence-electron chi connectivity index (χ1n) is 7.20. The van der Waals surface area contributed by atoms with Gasteiger partial charge in [-0.3, -0.25) is 4.98 Å². The van der Waals surface area contributed by atoms with E-state index in [1.54, 1.807) is 0 Å². The topological polar surface area (TPSA) is 51.4 Å². The number of anilines is 2. The van der Waals surface area contributed by atoms with Crippen LogP contribution >= 0.6 is 0 Å². The number of aryl methyl sites for hydroxylation is 1. The molecule has 1 unspecified atom stereocenters. The molecule has 1 atom stereocenters. The molecule has 2 heterocycles. The van der Waals surface area contributed by atoms with Crippen LogP contribution in [0.1, 0.15) is 19.0 Å². The molecule has 0 saturated carbocycles. The minimum absolute atomic E-state index is 0.319. The Kier molecular flexibility index (Phi) is 3.49. The van der Waals surface area contributed by atoms with E-state index < -0.39 is 0 Å². The second-order valence-corrected chi connectivity index (χ2v) is 5.39. The van der Waals surface area contributed by atoms with Crippen molar-refractivity contribution in [3.05, 3.63) is 30.1 Å². The molecule has 2 N–H and O–H groups in total. The van der Waals surface area contributed by atoms with Crippen LogP contribution in [0.3, 0.4) is 0 Å². The number of nitrogen functional groups attached to an aromatic ring is 1. The first-order chi connectivity index (χ1) is 9.69. The van der Waals surface area contributed by atoms with Crippen LogP contribution in [0, 0.1) is 6.92 Å². The van der Waals surface area contributed by atoms with E-state index in [1.165, 1.54) is 11.1 Å². The molecular formula is C16H21N3O. The highest BCUT2D eigenvalue weighted by molar-refractivity contribution is 6.01. The van der Waals surface area contributed by atoms with Crippen molar-refractivity contribution >= 4 is 22.1 Å². The molecule has 3 rings (SSSR count). The van der Waals surface area contributed by atoms with Crippen LogP contribution in [0.15, 0.2) is 24.4 Å². The number of nitrogens with zero attached hydrogens (tertiary/aromatic N) is 2. The summed E-state index contributed by atoms with van der Waals surface area (Å²) >= 11 is 0. The second-order valence-electron chi connectivity index (χ2n) is 5.39. The Hall–Kier alpha value is -1.81. The van der Waals surface area contributed by atoms with Crippen molar-refractivity contribution in [3.63, 3.8) is 0 Å². The molecule has 1 aromatic heterocycles. The molecule has 2 aromatic rings. The van der Waals surface area contributed by atoms with Crippen molar-refractivity contribution in [1.29, 1.82) is 0 Å². The van der Waals surface area contributed by atoms with Crippen LogP contribution in [0.5, 0.6) is 0 Å². The van der Waals surface area contributed by atoms with Gasteiger partial charge in [0.2, 0.25) is 0 Å². The molecule has 106 valence electrons. The lowest BCUT2D eigenvalue weighted by Gasteiger charge is -2.35. The lowest BCUT2D eigenvalue weighted by atomic mass is 10.1. The minimum Gasteiger partial charge on any atom is -0.398 e. The number of hydrogen-bond acceptors (Lipinski definition) is 4. The summed E-state index contributed by atoms with van der Waals surface area (Å²) in [6, 6.07) is 6.22. The predicted octanol–water partition coefficient (Wildman–Crippen LogP) is 2.74. The molecule has 0 aliphatic carbocycles. The Bertz CT molecular complexity index is 626. The third-order valence-corrected chi connectivity index (χ3v) is 3.98. The molecule has 1 aliphatic rings. The van der Waals surface area contributed by atoms with Crippen molar-refractivity contribution < 1.29 is 4.74 Å². The summed E-state index contributed by atoms with van der Waals surface area (Å²) in [4.78, 5) is 6.76. The lowest BCUT2D eigenvalue weighted by molar-refractivity contribution is 0.0385. The zero-order valence-corrected chi connectivity index (χ0v) is 12.1. The molecule has 0 bridgehead atoms. The molecule has 1 saturated heterocycles. The third-order valence-electron chi connectivity index (χ3n) is 3.98. The van der Waals surface area contributed by atoms with Gasteiger partial charge >= 0.3 is 0 Å². The fraction of sp³-hybridized carbons (Fsp3) is 0.438. The molecule has 20 heavy (non-hydrogen) atoms. The van der Waals surface area contributed by atoms with Crippen LogP contribution < -0.4 is 10.6 Å². The van der Waals surface area contributed by atoms with Crippen molar-refractivity contribution in [2.24, 2.45) is 0 Å². The number of nitrogens with two attached hydrogens (primary N) is 1. The maximum Gasteiger partial charge on any atom is 0.0748 e. The number of aromatic nitrogens is 1. The average Bonchev–Trinajstić information content (AvgIpc) is 2.47. The maximum absolute atomic E-state index is 6.07. The number of rotatable bonds is 2. The molecule has 4 heteroatoms. The van der Waals surface area contributed by atoms with E-state index in [4.69, 9.17) is 10.5 Å². The summed E-state index contributed by atoms with van der Waals surface area (Å²) in [6.45, 7) is 6.84. The SMILES string of the molecule is CCC1CN(c2ccc(N)c3cnc(C)cc23)CCO1. The quantitative estimate of drug-likeness (QED) is 0.853. The van der Waals surface area contributed by atoms with E-state index in [2.05, 4.69) is 28.9 Å². The highest BCUT2D eigenvalue weighted by Crippen LogP contribution is 2.32. The van der Waals surface area contributed by atoms with Crippen LogP contribution in [-0.2, 0) is 4.74 Å². The van der Waals surface area contributed by atoms with E-state index in [-0.39, 0.29) is 0 Å². The van der Waals surface area contributed by atoms with Gasteiger partial charge in [0.1, 0.15) is 0 Å². The minimum atomic E-state index is 0.319. The summed E-state index contributed by atoms with van der Waals surface area (Å²) in [5.41, 5.74) is 9.12. The van der Waals surface area contributed by atoms with Gasteiger partial charge in [0.05, 0.1) is 12.7 Å². The van der Waals surface area contributed by atoms with Crippen LogP contribution in [-0.4, -0.2) is 30.8 Å². The number of morpholine rings is 1. The fourth-order valence-electron chi connectivity index (χ4n) is 2.81. The smallest absolute Gasteiger partial charge is 0.0748 e. The zero-order valence-electron chi connectivity index (χ0n) is 12.1.